The zero-order valence-electron chi connectivity index (χ0n) is 19.7. The van der Waals surface area contributed by atoms with Crippen LogP contribution in [0, 0.1) is 0 Å². The van der Waals surface area contributed by atoms with Gasteiger partial charge in [-0.1, -0.05) is 29.8 Å². The van der Waals surface area contributed by atoms with Gasteiger partial charge in [0.2, 0.25) is 15.9 Å². The molecule has 3 aromatic rings. The van der Waals surface area contributed by atoms with E-state index in [4.69, 9.17) is 16.3 Å². The number of alkyl halides is 2. The Morgan fingerprint density at radius 2 is 1.97 bits per heavy atom. The molecule has 11 heteroatoms. The van der Waals surface area contributed by atoms with Gasteiger partial charge in [-0.3, -0.25) is 4.68 Å². The number of rotatable bonds is 8. The van der Waals surface area contributed by atoms with E-state index in [9.17, 15) is 17.2 Å². The minimum Gasteiger partial charge on any atom is -0.492 e. The average Bonchev–Trinajstić information content (AvgIpc) is 3.27. The largest absolute Gasteiger partial charge is 0.492 e. The number of ether oxygens (including phenoxy) is 1. The maximum absolute atomic E-state index is 14.3. The van der Waals surface area contributed by atoms with Gasteiger partial charge in [0.1, 0.15) is 17.3 Å². The summed E-state index contributed by atoms with van der Waals surface area (Å²) in [5, 5.41) is 7.92. The summed E-state index contributed by atoms with van der Waals surface area (Å²) in [6.45, 7) is 0.864. The molecule has 5 rings (SSSR count). The van der Waals surface area contributed by atoms with Gasteiger partial charge in [-0.2, -0.15) is 5.10 Å². The van der Waals surface area contributed by atoms with Gasteiger partial charge in [-0.15, -0.1) is 0 Å². The fraction of sp³-hybridized carbons (Fsp3) is 0.400. The van der Waals surface area contributed by atoms with Crippen molar-refractivity contribution in [3.05, 3.63) is 76.6 Å². The van der Waals surface area contributed by atoms with Gasteiger partial charge in [0.25, 0.3) is 0 Å². The Kier molecular flexibility index (Phi) is 6.57. The molecule has 2 aromatic carbocycles. The second-order valence-corrected chi connectivity index (χ2v) is 11.7. The van der Waals surface area contributed by atoms with Crippen LogP contribution >= 0.6 is 11.6 Å². The van der Waals surface area contributed by atoms with Crippen LogP contribution in [-0.2, 0) is 28.9 Å². The second-order valence-electron chi connectivity index (χ2n) is 9.47. The molecule has 1 atom stereocenters. The van der Waals surface area contributed by atoms with Gasteiger partial charge in [0.05, 0.1) is 6.20 Å². The van der Waals surface area contributed by atoms with Crippen molar-refractivity contribution in [1.29, 1.82) is 0 Å². The first kappa shape index (κ1) is 25.1. The normalized spacial score (nSPS) is 20.4. The lowest BCUT2D eigenvalue weighted by molar-refractivity contribution is -0.138. The standard InChI is InChI=1S/C25H27ClF2N4O3S/c1-32-14-21(13-30-32)36(33,34)31-10-11-35-20-7-2-17-8-9-29-23(22(17)12-20)24(15-25(27,28)16-24)18-3-5-19(26)6-4-18/h2-7,12-14,23,29,31H,8-11,15-16H2,1H3. The predicted octanol–water partition coefficient (Wildman–Crippen LogP) is 3.98. The van der Waals surface area contributed by atoms with E-state index < -0.39 is 21.4 Å². The first-order valence-corrected chi connectivity index (χ1v) is 13.6. The molecule has 1 aliphatic carbocycles. The molecule has 1 aliphatic heterocycles. The van der Waals surface area contributed by atoms with Crippen molar-refractivity contribution >= 4 is 21.6 Å². The fourth-order valence-electron chi connectivity index (χ4n) is 5.31. The molecule has 0 radical (unpaired) electrons. The molecule has 1 unspecified atom stereocenters. The van der Waals surface area contributed by atoms with Crippen LogP contribution in [0.1, 0.15) is 35.6 Å². The van der Waals surface area contributed by atoms with Crippen LogP contribution in [0.25, 0.3) is 0 Å². The number of hydrogen-bond donors (Lipinski definition) is 2. The van der Waals surface area contributed by atoms with E-state index in [1.165, 1.54) is 17.1 Å². The minimum absolute atomic E-state index is 0.0664. The molecule has 0 saturated heterocycles. The van der Waals surface area contributed by atoms with Crippen molar-refractivity contribution in [2.24, 2.45) is 7.05 Å². The number of halogens is 3. The summed E-state index contributed by atoms with van der Waals surface area (Å²) in [5.74, 6) is -2.17. The zero-order valence-corrected chi connectivity index (χ0v) is 21.2. The highest BCUT2D eigenvalue weighted by Gasteiger charge is 2.61. The summed E-state index contributed by atoms with van der Waals surface area (Å²) in [7, 11) is -2.04. The molecule has 0 spiro atoms. The molecule has 1 saturated carbocycles. The monoisotopic (exact) mass is 536 g/mol. The maximum Gasteiger partial charge on any atom is 0.250 e. The summed E-state index contributed by atoms with van der Waals surface area (Å²) in [4.78, 5) is 0.0810. The Labute approximate surface area is 213 Å². The number of nitrogens with one attached hydrogen (secondary N) is 2. The van der Waals surface area contributed by atoms with Gasteiger partial charge in [0.15, 0.2) is 0 Å². The Hall–Kier alpha value is -2.53. The Morgan fingerprint density at radius 3 is 2.64 bits per heavy atom. The predicted molar refractivity (Wildman–Crippen MR) is 132 cm³/mol. The van der Waals surface area contributed by atoms with Crippen LogP contribution in [0.5, 0.6) is 5.75 Å². The molecule has 2 aliphatic rings. The molecule has 2 heterocycles. The van der Waals surface area contributed by atoms with Crippen molar-refractivity contribution in [3.63, 3.8) is 0 Å². The first-order valence-electron chi connectivity index (χ1n) is 11.7. The lowest BCUT2D eigenvalue weighted by Gasteiger charge is -2.54. The summed E-state index contributed by atoms with van der Waals surface area (Å²) in [5.41, 5.74) is 2.09. The van der Waals surface area contributed by atoms with Crippen molar-refractivity contribution in [3.8, 4) is 5.75 Å². The van der Waals surface area contributed by atoms with Gasteiger partial charge in [0, 0.05) is 49.1 Å². The van der Waals surface area contributed by atoms with Gasteiger partial charge < -0.3 is 10.1 Å². The van der Waals surface area contributed by atoms with E-state index in [1.807, 2.05) is 30.3 Å². The van der Waals surface area contributed by atoms with Crippen LogP contribution in [0.2, 0.25) is 5.02 Å². The van der Waals surface area contributed by atoms with Gasteiger partial charge >= 0.3 is 0 Å². The van der Waals surface area contributed by atoms with E-state index in [-0.39, 0.29) is 36.9 Å². The van der Waals surface area contributed by atoms with E-state index in [1.54, 1.807) is 19.2 Å². The third-order valence-electron chi connectivity index (χ3n) is 6.95. The highest BCUT2D eigenvalue weighted by molar-refractivity contribution is 7.89. The zero-order chi connectivity index (χ0) is 25.6. The van der Waals surface area contributed by atoms with Crippen molar-refractivity contribution in [2.45, 2.75) is 41.5 Å². The SMILES string of the molecule is Cn1cc(S(=O)(=O)NCCOc2ccc3c(c2)C(C2(c4ccc(Cl)cc4)CC(F)(F)C2)NCC3)cn1. The molecule has 36 heavy (non-hydrogen) atoms. The third-order valence-corrected chi connectivity index (χ3v) is 8.61. The quantitative estimate of drug-likeness (QED) is 0.425. The van der Waals surface area contributed by atoms with Gasteiger partial charge in [-0.25, -0.2) is 21.9 Å². The molecule has 7 nitrogen and oxygen atoms in total. The lowest BCUT2D eigenvalue weighted by Crippen LogP contribution is -2.57. The molecule has 0 bridgehead atoms. The van der Waals surface area contributed by atoms with Crippen molar-refractivity contribution in [1.82, 2.24) is 19.8 Å². The molecule has 1 aromatic heterocycles. The van der Waals surface area contributed by atoms with Crippen LogP contribution in [0.15, 0.2) is 59.8 Å². The summed E-state index contributed by atoms with van der Waals surface area (Å²) >= 11 is 6.06. The fourth-order valence-corrected chi connectivity index (χ4v) is 6.43. The third kappa shape index (κ3) is 4.87. The van der Waals surface area contributed by atoms with Crippen LogP contribution in [0.3, 0.4) is 0 Å². The topological polar surface area (TPSA) is 85.2 Å². The summed E-state index contributed by atoms with van der Waals surface area (Å²) in [6.07, 6.45) is 2.98. The summed E-state index contributed by atoms with van der Waals surface area (Å²) in [6, 6.07) is 12.5. The summed E-state index contributed by atoms with van der Waals surface area (Å²) < 4.78 is 63.0. The Bertz CT molecular complexity index is 1350. The number of benzene rings is 2. The number of nitrogens with zero attached hydrogens (tertiary/aromatic N) is 2. The van der Waals surface area contributed by atoms with Crippen LogP contribution < -0.4 is 14.8 Å². The maximum atomic E-state index is 14.3. The Balaban J connectivity index is 1.33. The number of fused-ring (bicyclic) bond motifs is 1. The number of aryl methyl sites for hydroxylation is 1. The molecular formula is C25H27ClF2N4O3S. The minimum atomic E-state index is -3.68. The van der Waals surface area contributed by atoms with Crippen molar-refractivity contribution < 1.29 is 21.9 Å². The number of sulfonamides is 1. The molecule has 0 amide bonds. The molecule has 2 N–H and O–H groups in total. The molecule has 1 fully saturated rings. The highest BCUT2D eigenvalue weighted by atomic mass is 35.5. The van der Waals surface area contributed by atoms with Crippen LogP contribution in [0.4, 0.5) is 8.78 Å². The Morgan fingerprint density at radius 1 is 1.22 bits per heavy atom. The smallest absolute Gasteiger partial charge is 0.250 e. The second kappa shape index (κ2) is 9.41. The highest BCUT2D eigenvalue weighted by Crippen LogP contribution is 2.60. The van der Waals surface area contributed by atoms with E-state index in [0.29, 0.717) is 17.3 Å². The van der Waals surface area contributed by atoms with E-state index >= 15 is 0 Å². The molecular weight excluding hydrogens is 510 g/mol. The van der Waals surface area contributed by atoms with Crippen LogP contribution in [-0.4, -0.2) is 43.8 Å². The van der Waals surface area contributed by atoms with E-state index in [2.05, 4.69) is 15.1 Å². The number of hydrogen-bond acceptors (Lipinski definition) is 5. The van der Waals surface area contributed by atoms with E-state index in [0.717, 1.165) is 23.1 Å². The first-order chi connectivity index (χ1) is 17.1. The average molecular weight is 537 g/mol. The molecule has 192 valence electrons. The van der Waals surface area contributed by atoms with Gasteiger partial charge in [-0.05, 0) is 53.9 Å². The lowest BCUT2D eigenvalue weighted by atomic mass is 9.56. The van der Waals surface area contributed by atoms with Crippen molar-refractivity contribution in [2.75, 3.05) is 19.7 Å². The number of aromatic nitrogens is 2.